The SMILES string of the molecule is COCCOCCC(N)Cc1ccc(OC)c(Br)c1. The van der Waals surface area contributed by atoms with Crippen LogP contribution in [0.1, 0.15) is 12.0 Å². The number of benzene rings is 1. The van der Waals surface area contributed by atoms with Crippen molar-refractivity contribution < 1.29 is 14.2 Å². The van der Waals surface area contributed by atoms with Crippen molar-refractivity contribution in [2.24, 2.45) is 5.73 Å². The highest BCUT2D eigenvalue weighted by atomic mass is 79.9. The molecule has 1 aromatic rings. The van der Waals surface area contributed by atoms with Crippen molar-refractivity contribution in [2.75, 3.05) is 34.0 Å². The number of halogens is 1. The van der Waals surface area contributed by atoms with E-state index in [4.69, 9.17) is 19.9 Å². The Hall–Kier alpha value is -0.620. The zero-order chi connectivity index (χ0) is 14.1. The van der Waals surface area contributed by atoms with Crippen molar-refractivity contribution in [3.8, 4) is 5.75 Å². The van der Waals surface area contributed by atoms with E-state index in [0.717, 1.165) is 23.1 Å². The first kappa shape index (κ1) is 16.4. The average Bonchev–Trinajstić information content (AvgIpc) is 2.39. The molecule has 0 aromatic heterocycles. The molecule has 1 rings (SSSR count). The Balaban J connectivity index is 2.31. The molecule has 0 spiro atoms. The van der Waals surface area contributed by atoms with Gasteiger partial charge in [0.2, 0.25) is 0 Å². The number of rotatable bonds is 9. The molecule has 2 N–H and O–H groups in total. The molecule has 1 aromatic carbocycles. The highest BCUT2D eigenvalue weighted by Crippen LogP contribution is 2.25. The normalized spacial score (nSPS) is 12.4. The molecule has 0 aliphatic carbocycles. The topological polar surface area (TPSA) is 53.7 Å². The Labute approximate surface area is 123 Å². The van der Waals surface area contributed by atoms with Crippen molar-refractivity contribution in [3.63, 3.8) is 0 Å². The van der Waals surface area contributed by atoms with E-state index in [1.165, 1.54) is 5.56 Å². The van der Waals surface area contributed by atoms with Crippen LogP contribution < -0.4 is 10.5 Å². The Kier molecular flexibility index (Phi) is 8.05. The highest BCUT2D eigenvalue weighted by molar-refractivity contribution is 9.10. The molecular formula is C14H22BrNO3. The van der Waals surface area contributed by atoms with E-state index in [9.17, 15) is 0 Å². The summed E-state index contributed by atoms with van der Waals surface area (Å²) in [6, 6.07) is 6.13. The van der Waals surface area contributed by atoms with Crippen LogP contribution in [0.25, 0.3) is 0 Å². The second kappa shape index (κ2) is 9.31. The van der Waals surface area contributed by atoms with Gasteiger partial charge >= 0.3 is 0 Å². The number of nitrogens with two attached hydrogens (primary N) is 1. The summed E-state index contributed by atoms with van der Waals surface area (Å²) in [5.41, 5.74) is 7.28. The summed E-state index contributed by atoms with van der Waals surface area (Å²) >= 11 is 3.47. The van der Waals surface area contributed by atoms with Gasteiger partial charge in [0.05, 0.1) is 24.8 Å². The fourth-order valence-electron chi connectivity index (χ4n) is 1.72. The summed E-state index contributed by atoms with van der Waals surface area (Å²) in [5.74, 6) is 0.834. The Morgan fingerprint density at radius 1 is 1.21 bits per heavy atom. The van der Waals surface area contributed by atoms with Crippen LogP contribution in [-0.2, 0) is 15.9 Å². The summed E-state index contributed by atoms with van der Waals surface area (Å²) in [7, 11) is 3.32. The highest BCUT2D eigenvalue weighted by Gasteiger charge is 2.07. The Morgan fingerprint density at radius 3 is 2.63 bits per heavy atom. The molecule has 0 radical (unpaired) electrons. The molecule has 108 valence electrons. The molecule has 1 unspecified atom stereocenters. The molecule has 5 heteroatoms. The van der Waals surface area contributed by atoms with Crippen LogP contribution in [0.5, 0.6) is 5.75 Å². The third-order valence-corrected chi connectivity index (χ3v) is 3.40. The minimum atomic E-state index is 0.0999. The van der Waals surface area contributed by atoms with E-state index in [1.54, 1.807) is 14.2 Å². The fourth-order valence-corrected chi connectivity index (χ4v) is 2.31. The molecule has 0 aliphatic rings. The number of hydrogen-bond acceptors (Lipinski definition) is 4. The monoisotopic (exact) mass is 331 g/mol. The van der Waals surface area contributed by atoms with Crippen LogP contribution in [0.15, 0.2) is 22.7 Å². The first-order valence-corrected chi connectivity index (χ1v) is 7.11. The van der Waals surface area contributed by atoms with Gasteiger partial charge in [0.1, 0.15) is 5.75 Å². The lowest BCUT2D eigenvalue weighted by molar-refractivity contribution is 0.0672. The Bertz CT molecular complexity index is 374. The zero-order valence-electron chi connectivity index (χ0n) is 11.5. The largest absolute Gasteiger partial charge is 0.496 e. The van der Waals surface area contributed by atoms with E-state index < -0.39 is 0 Å². The van der Waals surface area contributed by atoms with Crippen LogP contribution in [-0.4, -0.2) is 40.1 Å². The van der Waals surface area contributed by atoms with Gasteiger partial charge in [-0.3, -0.25) is 0 Å². The minimum Gasteiger partial charge on any atom is -0.496 e. The molecule has 0 bridgehead atoms. The van der Waals surface area contributed by atoms with Crippen LogP contribution in [0.2, 0.25) is 0 Å². The van der Waals surface area contributed by atoms with Gasteiger partial charge in [0, 0.05) is 19.8 Å². The number of ether oxygens (including phenoxy) is 3. The molecule has 0 saturated heterocycles. The summed E-state index contributed by atoms with van der Waals surface area (Å²) < 4.78 is 16.5. The molecule has 0 saturated carbocycles. The summed E-state index contributed by atoms with van der Waals surface area (Å²) in [5, 5.41) is 0. The van der Waals surface area contributed by atoms with Gasteiger partial charge in [-0.15, -0.1) is 0 Å². The molecule has 0 aliphatic heterocycles. The first-order valence-electron chi connectivity index (χ1n) is 6.32. The predicted octanol–water partition coefficient (Wildman–Crippen LogP) is 2.38. The van der Waals surface area contributed by atoms with Crippen molar-refractivity contribution in [1.82, 2.24) is 0 Å². The first-order chi connectivity index (χ1) is 9.17. The van der Waals surface area contributed by atoms with Crippen molar-refractivity contribution >= 4 is 15.9 Å². The van der Waals surface area contributed by atoms with Crippen LogP contribution >= 0.6 is 15.9 Å². The molecule has 1 atom stereocenters. The van der Waals surface area contributed by atoms with Crippen LogP contribution in [0.4, 0.5) is 0 Å². The fraction of sp³-hybridized carbons (Fsp3) is 0.571. The van der Waals surface area contributed by atoms with Gasteiger partial charge in [0.15, 0.2) is 0 Å². The van der Waals surface area contributed by atoms with Crippen molar-refractivity contribution in [2.45, 2.75) is 18.9 Å². The molecule has 0 heterocycles. The van der Waals surface area contributed by atoms with Crippen molar-refractivity contribution in [1.29, 1.82) is 0 Å². The lowest BCUT2D eigenvalue weighted by Gasteiger charge is -2.13. The summed E-state index contributed by atoms with van der Waals surface area (Å²) in [6.45, 7) is 1.92. The minimum absolute atomic E-state index is 0.0999. The van der Waals surface area contributed by atoms with E-state index in [2.05, 4.69) is 15.9 Å². The standard InChI is InChI=1S/C14H22BrNO3/c1-17-7-8-19-6-5-12(16)9-11-3-4-14(18-2)13(15)10-11/h3-4,10,12H,5-9,16H2,1-2H3. The number of methoxy groups -OCH3 is 2. The van der Waals surface area contributed by atoms with E-state index in [-0.39, 0.29) is 6.04 Å². The maximum absolute atomic E-state index is 6.08. The van der Waals surface area contributed by atoms with Gasteiger partial charge in [-0.05, 0) is 46.5 Å². The number of hydrogen-bond donors (Lipinski definition) is 1. The maximum atomic E-state index is 6.08. The molecular weight excluding hydrogens is 310 g/mol. The van der Waals surface area contributed by atoms with Gasteiger partial charge in [-0.25, -0.2) is 0 Å². The third-order valence-electron chi connectivity index (χ3n) is 2.78. The molecule has 19 heavy (non-hydrogen) atoms. The summed E-state index contributed by atoms with van der Waals surface area (Å²) in [6.07, 6.45) is 1.67. The van der Waals surface area contributed by atoms with Crippen molar-refractivity contribution in [3.05, 3.63) is 28.2 Å². The second-order valence-electron chi connectivity index (χ2n) is 4.33. The zero-order valence-corrected chi connectivity index (χ0v) is 13.1. The quantitative estimate of drug-likeness (QED) is 0.706. The van der Waals surface area contributed by atoms with E-state index >= 15 is 0 Å². The van der Waals surface area contributed by atoms with Gasteiger partial charge < -0.3 is 19.9 Å². The van der Waals surface area contributed by atoms with E-state index in [1.807, 2.05) is 18.2 Å². The molecule has 0 amide bonds. The second-order valence-corrected chi connectivity index (χ2v) is 5.18. The van der Waals surface area contributed by atoms with Crippen LogP contribution in [0.3, 0.4) is 0 Å². The van der Waals surface area contributed by atoms with Gasteiger partial charge in [0.25, 0.3) is 0 Å². The molecule has 4 nitrogen and oxygen atoms in total. The average molecular weight is 332 g/mol. The maximum Gasteiger partial charge on any atom is 0.133 e. The lowest BCUT2D eigenvalue weighted by atomic mass is 10.0. The lowest BCUT2D eigenvalue weighted by Crippen LogP contribution is -2.25. The smallest absolute Gasteiger partial charge is 0.133 e. The van der Waals surface area contributed by atoms with Crippen LogP contribution in [0, 0.1) is 0 Å². The van der Waals surface area contributed by atoms with Gasteiger partial charge in [-0.1, -0.05) is 6.07 Å². The third kappa shape index (κ3) is 6.38. The summed E-state index contributed by atoms with van der Waals surface area (Å²) in [4.78, 5) is 0. The molecule has 0 fully saturated rings. The van der Waals surface area contributed by atoms with Gasteiger partial charge in [-0.2, -0.15) is 0 Å². The Morgan fingerprint density at radius 2 is 2.00 bits per heavy atom. The van der Waals surface area contributed by atoms with E-state index in [0.29, 0.717) is 19.8 Å². The predicted molar refractivity (Wildman–Crippen MR) is 79.7 cm³/mol.